The topological polar surface area (TPSA) is 24.1 Å². The summed E-state index contributed by atoms with van der Waals surface area (Å²) in [6, 6.07) is 0. The summed E-state index contributed by atoms with van der Waals surface area (Å²) >= 11 is 0. The smallest absolute Gasteiger partial charge is 0.00489 e. The number of hydrogen-bond acceptors (Lipinski definition) is 2. The van der Waals surface area contributed by atoms with Gasteiger partial charge in [0.1, 0.15) is 0 Å². The summed E-state index contributed by atoms with van der Waals surface area (Å²) in [5.41, 5.74) is 0. The third kappa shape index (κ3) is 13.9. The van der Waals surface area contributed by atoms with Crippen LogP contribution in [-0.2, 0) is 0 Å². The molecule has 2 nitrogen and oxygen atoms in total. The van der Waals surface area contributed by atoms with Crippen LogP contribution in [0.5, 0.6) is 0 Å². The van der Waals surface area contributed by atoms with Gasteiger partial charge in [-0.05, 0) is 51.9 Å². The van der Waals surface area contributed by atoms with E-state index in [0.29, 0.717) is 0 Å². The fourth-order valence-corrected chi connectivity index (χ4v) is 1.71. The predicted octanol–water partition coefficient (Wildman–Crippen LogP) is 3.33. The van der Waals surface area contributed by atoms with Crippen LogP contribution in [0, 0.1) is 0 Å². The van der Waals surface area contributed by atoms with Crippen molar-refractivity contribution in [2.45, 2.75) is 65.2 Å². The molecule has 0 unspecified atom stereocenters. The minimum atomic E-state index is 1.20. The molecular weight excluding hydrogens is 196 g/mol. The van der Waals surface area contributed by atoms with Gasteiger partial charge in [0.05, 0.1) is 0 Å². The first-order valence-corrected chi connectivity index (χ1v) is 7.33. The monoisotopic (exact) mass is 228 g/mol. The number of hydrogen-bond donors (Lipinski definition) is 2. The molecule has 0 atom stereocenters. The first-order valence-electron chi connectivity index (χ1n) is 7.33. The second-order valence-corrected chi connectivity index (χ2v) is 4.62. The van der Waals surface area contributed by atoms with Crippen LogP contribution in [0.4, 0.5) is 0 Å². The molecule has 0 aromatic heterocycles. The maximum atomic E-state index is 3.49. The van der Waals surface area contributed by atoms with Gasteiger partial charge in [-0.3, -0.25) is 0 Å². The van der Waals surface area contributed by atoms with Gasteiger partial charge in [0.25, 0.3) is 0 Å². The van der Waals surface area contributed by atoms with Gasteiger partial charge in [0.2, 0.25) is 0 Å². The molecule has 0 aliphatic rings. The van der Waals surface area contributed by atoms with Crippen molar-refractivity contribution in [3.8, 4) is 0 Å². The third-order valence-electron chi connectivity index (χ3n) is 2.87. The highest BCUT2D eigenvalue weighted by Gasteiger charge is 1.91. The van der Waals surface area contributed by atoms with Crippen LogP contribution in [0.1, 0.15) is 65.2 Å². The van der Waals surface area contributed by atoms with E-state index in [2.05, 4.69) is 24.5 Å². The van der Waals surface area contributed by atoms with Crippen LogP contribution in [0.25, 0.3) is 0 Å². The molecule has 0 saturated heterocycles. The van der Waals surface area contributed by atoms with Crippen LogP contribution < -0.4 is 10.6 Å². The summed E-state index contributed by atoms with van der Waals surface area (Å²) in [5, 5.41) is 6.98. The molecule has 0 aliphatic heterocycles. The molecule has 2 heteroatoms. The molecule has 0 aromatic rings. The van der Waals surface area contributed by atoms with Gasteiger partial charge in [-0.15, -0.1) is 0 Å². The van der Waals surface area contributed by atoms with Crippen LogP contribution in [-0.4, -0.2) is 26.2 Å². The van der Waals surface area contributed by atoms with Crippen molar-refractivity contribution in [3.05, 3.63) is 0 Å². The maximum Gasteiger partial charge on any atom is -0.00489 e. The molecule has 0 saturated carbocycles. The molecule has 0 spiro atoms. The molecule has 0 heterocycles. The average molecular weight is 228 g/mol. The standard InChI is InChI=1S/C14H32N2/c1-3-5-11-15-13-9-7-8-10-14-16-12-6-4-2/h15-16H,3-14H2,1-2H3. The second-order valence-electron chi connectivity index (χ2n) is 4.62. The lowest BCUT2D eigenvalue weighted by Crippen LogP contribution is -2.17. The Labute approximate surface area is 103 Å². The zero-order valence-electron chi connectivity index (χ0n) is 11.5. The zero-order valence-corrected chi connectivity index (χ0v) is 11.5. The van der Waals surface area contributed by atoms with Gasteiger partial charge >= 0.3 is 0 Å². The minimum Gasteiger partial charge on any atom is -0.317 e. The Morgan fingerprint density at radius 1 is 0.500 bits per heavy atom. The summed E-state index contributed by atoms with van der Waals surface area (Å²) in [6.45, 7) is 9.32. The average Bonchev–Trinajstić information content (AvgIpc) is 2.31. The summed E-state index contributed by atoms with van der Waals surface area (Å²) in [4.78, 5) is 0. The fourth-order valence-electron chi connectivity index (χ4n) is 1.71. The quantitative estimate of drug-likeness (QED) is 0.473. The summed E-state index contributed by atoms with van der Waals surface area (Å²) in [6.07, 6.45) is 10.7. The Morgan fingerprint density at radius 3 is 1.25 bits per heavy atom. The Kier molecular flexibility index (Phi) is 14.8. The zero-order chi connectivity index (χ0) is 11.9. The first-order chi connectivity index (χ1) is 7.91. The van der Waals surface area contributed by atoms with E-state index in [1.54, 1.807) is 0 Å². The van der Waals surface area contributed by atoms with E-state index in [1.807, 2.05) is 0 Å². The summed E-state index contributed by atoms with van der Waals surface area (Å²) < 4.78 is 0. The molecule has 2 N–H and O–H groups in total. The van der Waals surface area contributed by atoms with Crippen LogP contribution in [0.15, 0.2) is 0 Å². The van der Waals surface area contributed by atoms with Crippen LogP contribution in [0.3, 0.4) is 0 Å². The summed E-state index contributed by atoms with van der Waals surface area (Å²) in [5.74, 6) is 0. The van der Waals surface area contributed by atoms with E-state index in [4.69, 9.17) is 0 Å². The highest BCUT2D eigenvalue weighted by atomic mass is 14.8. The van der Waals surface area contributed by atoms with Crippen LogP contribution >= 0.6 is 0 Å². The van der Waals surface area contributed by atoms with E-state index >= 15 is 0 Å². The molecule has 0 aliphatic carbocycles. The van der Waals surface area contributed by atoms with E-state index in [9.17, 15) is 0 Å². The Bertz CT molecular complexity index is 101. The molecule has 98 valence electrons. The molecule has 0 aromatic carbocycles. The molecule has 0 amide bonds. The molecule has 16 heavy (non-hydrogen) atoms. The van der Waals surface area contributed by atoms with Crippen molar-refractivity contribution in [2.24, 2.45) is 0 Å². The second kappa shape index (κ2) is 14.9. The number of rotatable bonds is 13. The van der Waals surface area contributed by atoms with Crippen molar-refractivity contribution in [1.29, 1.82) is 0 Å². The van der Waals surface area contributed by atoms with Crippen molar-refractivity contribution < 1.29 is 0 Å². The minimum absolute atomic E-state index is 1.20. The first kappa shape index (κ1) is 15.9. The highest BCUT2D eigenvalue weighted by Crippen LogP contribution is 1.98. The lowest BCUT2D eigenvalue weighted by Gasteiger charge is -2.05. The molecule has 0 radical (unpaired) electrons. The van der Waals surface area contributed by atoms with Gasteiger partial charge in [-0.1, -0.05) is 39.5 Å². The normalized spacial score (nSPS) is 10.9. The lowest BCUT2D eigenvalue weighted by molar-refractivity contribution is 0.551. The lowest BCUT2D eigenvalue weighted by atomic mass is 10.2. The maximum absolute atomic E-state index is 3.49. The van der Waals surface area contributed by atoms with Crippen LogP contribution in [0.2, 0.25) is 0 Å². The van der Waals surface area contributed by atoms with Gasteiger partial charge < -0.3 is 10.6 Å². The van der Waals surface area contributed by atoms with Gasteiger partial charge in [0.15, 0.2) is 0 Å². The van der Waals surface area contributed by atoms with Gasteiger partial charge in [-0.2, -0.15) is 0 Å². The Morgan fingerprint density at radius 2 is 0.875 bits per heavy atom. The number of unbranched alkanes of at least 4 members (excludes halogenated alkanes) is 5. The van der Waals surface area contributed by atoms with Gasteiger partial charge in [-0.25, -0.2) is 0 Å². The van der Waals surface area contributed by atoms with E-state index in [0.717, 1.165) is 0 Å². The number of nitrogens with one attached hydrogen (secondary N) is 2. The van der Waals surface area contributed by atoms with E-state index in [-0.39, 0.29) is 0 Å². The molecule has 0 bridgehead atoms. The van der Waals surface area contributed by atoms with E-state index < -0.39 is 0 Å². The molecular formula is C14H32N2. The van der Waals surface area contributed by atoms with Crippen molar-refractivity contribution in [1.82, 2.24) is 10.6 Å². The molecule has 0 rings (SSSR count). The van der Waals surface area contributed by atoms with Gasteiger partial charge in [0, 0.05) is 0 Å². The fraction of sp³-hybridized carbons (Fsp3) is 1.00. The third-order valence-corrected chi connectivity index (χ3v) is 2.87. The highest BCUT2D eigenvalue weighted by molar-refractivity contribution is 4.51. The van der Waals surface area contributed by atoms with Crippen molar-refractivity contribution >= 4 is 0 Å². The Hall–Kier alpha value is -0.0800. The van der Waals surface area contributed by atoms with Crippen molar-refractivity contribution in [2.75, 3.05) is 26.2 Å². The van der Waals surface area contributed by atoms with E-state index in [1.165, 1.54) is 77.5 Å². The summed E-state index contributed by atoms with van der Waals surface area (Å²) in [7, 11) is 0. The SMILES string of the molecule is CCCCNCCCCCCNCCCC. The predicted molar refractivity (Wildman–Crippen MR) is 74.0 cm³/mol. The largest absolute Gasteiger partial charge is 0.317 e. The van der Waals surface area contributed by atoms with Crippen molar-refractivity contribution in [3.63, 3.8) is 0 Å². The Balaban J connectivity index is 2.83. The molecule has 0 fully saturated rings.